The molecule has 0 radical (unpaired) electrons. The molecule has 2 aromatic rings. The van der Waals surface area contributed by atoms with Gasteiger partial charge in [-0.2, -0.15) is 0 Å². The Hall–Kier alpha value is -2.49. The zero-order chi connectivity index (χ0) is 17.2. The second-order valence-electron chi connectivity index (χ2n) is 5.43. The number of nitrogens with one attached hydrogen (secondary N) is 1. The van der Waals surface area contributed by atoms with Crippen LogP contribution in [0, 0.1) is 0 Å². The van der Waals surface area contributed by atoms with Gasteiger partial charge in [0.25, 0.3) is 0 Å². The highest BCUT2D eigenvalue weighted by molar-refractivity contribution is 5.90. The minimum Gasteiger partial charge on any atom is -0.490 e. The number of hydrogen-bond acceptors (Lipinski definition) is 3. The molecule has 0 saturated carbocycles. The number of para-hydroxylation sites is 2. The first-order valence-corrected chi connectivity index (χ1v) is 8.46. The second-order valence-corrected chi connectivity index (χ2v) is 5.43. The van der Waals surface area contributed by atoms with Crippen LogP contribution >= 0.6 is 0 Å². The highest BCUT2D eigenvalue weighted by Crippen LogP contribution is 2.26. The number of hydrogen-bond donors (Lipinski definition) is 1. The minimum absolute atomic E-state index is 0.00458. The van der Waals surface area contributed by atoms with Crippen LogP contribution in [0.25, 0.3) is 0 Å². The highest BCUT2D eigenvalue weighted by atomic mass is 16.5. The van der Waals surface area contributed by atoms with Crippen molar-refractivity contribution in [2.75, 3.05) is 18.5 Å². The summed E-state index contributed by atoms with van der Waals surface area (Å²) in [7, 11) is 0. The van der Waals surface area contributed by atoms with Crippen molar-refractivity contribution < 1.29 is 14.3 Å². The molecule has 24 heavy (non-hydrogen) atoms. The topological polar surface area (TPSA) is 47.6 Å². The first kappa shape index (κ1) is 17.9. The van der Waals surface area contributed by atoms with Gasteiger partial charge in [-0.3, -0.25) is 4.79 Å². The molecule has 0 bridgehead atoms. The summed E-state index contributed by atoms with van der Waals surface area (Å²) in [6.07, 6.45) is 2.03. The number of aryl methyl sites for hydroxylation is 1. The Morgan fingerprint density at radius 2 is 1.75 bits per heavy atom. The lowest BCUT2D eigenvalue weighted by molar-refractivity contribution is -0.116. The maximum absolute atomic E-state index is 12.0. The molecule has 2 aromatic carbocycles. The minimum atomic E-state index is 0.00458. The predicted octanol–water partition coefficient (Wildman–Crippen LogP) is 4.45. The molecule has 0 saturated heterocycles. The van der Waals surface area contributed by atoms with E-state index in [2.05, 4.69) is 18.3 Å². The number of ether oxygens (including phenoxy) is 2. The van der Waals surface area contributed by atoms with Gasteiger partial charge in [0.05, 0.1) is 13.2 Å². The molecule has 0 spiro atoms. The molecule has 4 nitrogen and oxygen atoms in total. The lowest BCUT2D eigenvalue weighted by atomic mass is 10.1. The fraction of sp³-hybridized carbons (Fsp3) is 0.350. The van der Waals surface area contributed by atoms with E-state index in [1.807, 2.05) is 49.4 Å². The smallest absolute Gasteiger partial charge is 0.224 e. The molecule has 0 aliphatic carbocycles. The Labute approximate surface area is 143 Å². The monoisotopic (exact) mass is 327 g/mol. The van der Waals surface area contributed by atoms with Gasteiger partial charge in [0.2, 0.25) is 5.91 Å². The summed E-state index contributed by atoms with van der Waals surface area (Å²) in [4.78, 5) is 12.0. The summed E-state index contributed by atoms with van der Waals surface area (Å²) in [5, 5.41) is 2.93. The predicted molar refractivity (Wildman–Crippen MR) is 96.8 cm³/mol. The standard InChI is InChI=1S/C20H25NO3/c1-3-16-9-7-10-17(15-16)21-20(22)13-8-14-24-19-12-6-5-11-18(19)23-4-2/h5-7,9-12,15H,3-4,8,13-14H2,1-2H3,(H,21,22). The van der Waals surface area contributed by atoms with Crippen LogP contribution in [0.15, 0.2) is 48.5 Å². The van der Waals surface area contributed by atoms with Crippen LogP contribution in [0.1, 0.15) is 32.3 Å². The van der Waals surface area contributed by atoms with Gasteiger partial charge in [-0.15, -0.1) is 0 Å². The molecule has 4 heteroatoms. The molecular weight excluding hydrogens is 302 g/mol. The van der Waals surface area contributed by atoms with E-state index in [1.54, 1.807) is 0 Å². The Kier molecular flexibility index (Phi) is 7.15. The van der Waals surface area contributed by atoms with Gasteiger partial charge in [-0.05, 0) is 49.6 Å². The second kappa shape index (κ2) is 9.60. The van der Waals surface area contributed by atoms with Crippen LogP contribution in [-0.2, 0) is 11.2 Å². The van der Waals surface area contributed by atoms with Crippen LogP contribution in [0.2, 0.25) is 0 Å². The third-order valence-electron chi connectivity index (χ3n) is 3.57. The van der Waals surface area contributed by atoms with Gasteiger partial charge in [0, 0.05) is 12.1 Å². The van der Waals surface area contributed by atoms with E-state index in [4.69, 9.17) is 9.47 Å². The number of amides is 1. The van der Waals surface area contributed by atoms with E-state index >= 15 is 0 Å². The van der Waals surface area contributed by atoms with Crippen molar-refractivity contribution in [3.05, 3.63) is 54.1 Å². The van der Waals surface area contributed by atoms with Crippen molar-refractivity contribution in [2.45, 2.75) is 33.1 Å². The highest BCUT2D eigenvalue weighted by Gasteiger charge is 2.06. The molecule has 0 fully saturated rings. The van der Waals surface area contributed by atoms with Crippen LogP contribution < -0.4 is 14.8 Å². The first-order valence-electron chi connectivity index (χ1n) is 8.46. The Morgan fingerprint density at radius 3 is 2.46 bits per heavy atom. The third kappa shape index (κ3) is 5.61. The quantitative estimate of drug-likeness (QED) is 0.692. The average Bonchev–Trinajstić information content (AvgIpc) is 2.60. The molecule has 0 atom stereocenters. The van der Waals surface area contributed by atoms with Gasteiger partial charge in [-0.25, -0.2) is 0 Å². The van der Waals surface area contributed by atoms with E-state index < -0.39 is 0 Å². The van der Waals surface area contributed by atoms with E-state index in [0.717, 1.165) is 23.6 Å². The summed E-state index contributed by atoms with van der Waals surface area (Å²) in [5.41, 5.74) is 2.06. The van der Waals surface area contributed by atoms with Crippen molar-refractivity contribution >= 4 is 11.6 Å². The van der Waals surface area contributed by atoms with Crippen molar-refractivity contribution in [2.24, 2.45) is 0 Å². The largest absolute Gasteiger partial charge is 0.490 e. The van der Waals surface area contributed by atoms with E-state index in [9.17, 15) is 4.79 Å². The van der Waals surface area contributed by atoms with Crippen LogP contribution in [0.4, 0.5) is 5.69 Å². The number of carbonyl (C=O) groups is 1. The summed E-state index contributed by atoms with van der Waals surface area (Å²) in [5.74, 6) is 1.46. The number of anilines is 1. The zero-order valence-electron chi connectivity index (χ0n) is 14.4. The first-order chi connectivity index (χ1) is 11.7. The summed E-state index contributed by atoms with van der Waals surface area (Å²) in [6.45, 7) is 5.11. The van der Waals surface area contributed by atoms with E-state index in [-0.39, 0.29) is 5.91 Å². The number of rotatable bonds is 9. The molecule has 0 unspecified atom stereocenters. The summed E-state index contributed by atoms with van der Waals surface area (Å²) in [6, 6.07) is 15.5. The van der Waals surface area contributed by atoms with Gasteiger partial charge in [0.1, 0.15) is 0 Å². The molecule has 0 aliphatic rings. The molecule has 2 rings (SSSR count). The fourth-order valence-electron chi connectivity index (χ4n) is 2.35. The van der Waals surface area contributed by atoms with Crippen molar-refractivity contribution in [1.29, 1.82) is 0 Å². The summed E-state index contributed by atoms with van der Waals surface area (Å²) >= 11 is 0. The zero-order valence-corrected chi connectivity index (χ0v) is 14.4. The van der Waals surface area contributed by atoms with Crippen LogP contribution in [0.3, 0.4) is 0 Å². The average molecular weight is 327 g/mol. The van der Waals surface area contributed by atoms with Gasteiger partial charge < -0.3 is 14.8 Å². The van der Waals surface area contributed by atoms with Gasteiger partial charge in [0.15, 0.2) is 11.5 Å². The molecule has 128 valence electrons. The maximum Gasteiger partial charge on any atom is 0.224 e. The van der Waals surface area contributed by atoms with Crippen LogP contribution in [-0.4, -0.2) is 19.1 Å². The normalized spacial score (nSPS) is 10.2. The van der Waals surface area contributed by atoms with Crippen molar-refractivity contribution in [1.82, 2.24) is 0 Å². The molecule has 0 aromatic heterocycles. The Bertz CT molecular complexity index is 655. The third-order valence-corrected chi connectivity index (χ3v) is 3.57. The van der Waals surface area contributed by atoms with Gasteiger partial charge >= 0.3 is 0 Å². The van der Waals surface area contributed by atoms with Crippen LogP contribution in [0.5, 0.6) is 11.5 Å². The van der Waals surface area contributed by atoms with Gasteiger partial charge in [-0.1, -0.05) is 31.2 Å². The molecule has 1 amide bonds. The van der Waals surface area contributed by atoms with Crippen molar-refractivity contribution in [3.63, 3.8) is 0 Å². The maximum atomic E-state index is 12.0. The lowest BCUT2D eigenvalue weighted by Gasteiger charge is -2.11. The molecule has 1 N–H and O–H groups in total. The van der Waals surface area contributed by atoms with Crippen molar-refractivity contribution in [3.8, 4) is 11.5 Å². The molecule has 0 aliphatic heterocycles. The van der Waals surface area contributed by atoms with E-state index in [1.165, 1.54) is 5.56 Å². The molecular formula is C20H25NO3. The Morgan fingerprint density at radius 1 is 1.00 bits per heavy atom. The fourth-order valence-corrected chi connectivity index (χ4v) is 2.35. The Balaban J connectivity index is 1.75. The summed E-state index contributed by atoms with van der Waals surface area (Å²) < 4.78 is 11.2. The van der Waals surface area contributed by atoms with E-state index in [0.29, 0.717) is 26.1 Å². The molecule has 0 heterocycles. The number of carbonyl (C=O) groups excluding carboxylic acids is 1. The number of benzene rings is 2. The lowest BCUT2D eigenvalue weighted by Crippen LogP contribution is -2.13. The SMILES string of the molecule is CCOc1ccccc1OCCCC(=O)Nc1cccc(CC)c1.